The van der Waals surface area contributed by atoms with Crippen molar-refractivity contribution in [1.29, 1.82) is 0 Å². The van der Waals surface area contributed by atoms with Crippen molar-refractivity contribution < 1.29 is 0 Å². The Balaban J connectivity index is 2.41. The summed E-state index contributed by atoms with van der Waals surface area (Å²) >= 11 is 0. The van der Waals surface area contributed by atoms with Gasteiger partial charge in [-0.05, 0) is 13.0 Å². The fraction of sp³-hybridized carbons (Fsp3) is 0.750. The topological polar surface area (TPSA) is 42.7 Å². The fourth-order valence-electron chi connectivity index (χ4n) is 0.988. The minimum atomic E-state index is 0.771. The summed E-state index contributed by atoms with van der Waals surface area (Å²) in [6.07, 6.45) is 2.89. The normalized spacial score (nSPS) is 10.5. The van der Waals surface area contributed by atoms with Crippen molar-refractivity contribution in [3.05, 3.63) is 12.2 Å². The summed E-state index contributed by atoms with van der Waals surface area (Å²) in [7, 11) is 0. The van der Waals surface area contributed by atoms with Crippen molar-refractivity contribution in [2.24, 2.45) is 0 Å². The minimum Gasteiger partial charge on any atom is -0.310 e. The maximum absolute atomic E-state index is 4.28. The minimum absolute atomic E-state index is 0.771. The second-order valence-electron chi connectivity index (χ2n) is 2.70. The van der Waals surface area contributed by atoms with E-state index in [0.29, 0.717) is 0 Å². The summed E-state index contributed by atoms with van der Waals surface area (Å²) in [6.45, 7) is 6.89. The summed E-state index contributed by atoms with van der Waals surface area (Å²) in [5.41, 5.74) is 0. The molecule has 1 aromatic heterocycles. The lowest BCUT2D eigenvalue weighted by Crippen LogP contribution is -2.13. The zero-order valence-electron chi connectivity index (χ0n) is 7.75. The van der Waals surface area contributed by atoms with E-state index >= 15 is 0 Å². The molecule has 12 heavy (non-hydrogen) atoms. The van der Waals surface area contributed by atoms with Crippen molar-refractivity contribution >= 4 is 0 Å². The lowest BCUT2D eigenvalue weighted by molar-refractivity contribution is 0.585. The van der Waals surface area contributed by atoms with Gasteiger partial charge in [0.1, 0.15) is 6.33 Å². The molecule has 68 valence electrons. The number of aryl methyl sites for hydroxylation is 1. The summed E-state index contributed by atoms with van der Waals surface area (Å²) in [5.74, 6) is 0.880. The van der Waals surface area contributed by atoms with Crippen molar-refractivity contribution in [2.75, 3.05) is 6.54 Å². The van der Waals surface area contributed by atoms with Gasteiger partial charge in [0.25, 0.3) is 0 Å². The third-order valence-corrected chi connectivity index (χ3v) is 1.57. The van der Waals surface area contributed by atoms with Crippen LogP contribution in [0.3, 0.4) is 0 Å². The Morgan fingerprint density at radius 1 is 1.50 bits per heavy atom. The van der Waals surface area contributed by atoms with Gasteiger partial charge in [-0.2, -0.15) is 5.10 Å². The van der Waals surface area contributed by atoms with E-state index in [1.165, 1.54) is 0 Å². The van der Waals surface area contributed by atoms with Crippen LogP contribution < -0.4 is 5.32 Å². The smallest absolute Gasteiger partial charge is 0.164 e. The van der Waals surface area contributed by atoms with E-state index in [0.717, 1.165) is 31.9 Å². The summed E-state index contributed by atoms with van der Waals surface area (Å²) < 4.78 is 1.88. The van der Waals surface area contributed by atoms with Crippen LogP contribution in [0.25, 0.3) is 0 Å². The van der Waals surface area contributed by atoms with E-state index in [1.54, 1.807) is 6.33 Å². The van der Waals surface area contributed by atoms with Crippen LogP contribution in [0.5, 0.6) is 0 Å². The third kappa shape index (κ3) is 2.62. The van der Waals surface area contributed by atoms with E-state index in [-0.39, 0.29) is 0 Å². The average molecular weight is 168 g/mol. The Bertz CT molecular complexity index is 219. The quantitative estimate of drug-likeness (QED) is 0.707. The molecule has 0 saturated carbocycles. The molecule has 0 aromatic carbocycles. The lowest BCUT2D eigenvalue weighted by atomic mass is 10.5. The van der Waals surface area contributed by atoms with Gasteiger partial charge in [-0.15, -0.1) is 0 Å². The zero-order chi connectivity index (χ0) is 8.81. The maximum atomic E-state index is 4.28. The Hall–Kier alpha value is -0.900. The number of hydrogen-bond donors (Lipinski definition) is 1. The second-order valence-corrected chi connectivity index (χ2v) is 2.70. The fourth-order valence-corrected chi connectivity index (χ4v) is 0.988. The highest BCUT2D eigenvalue weighted by molar-refractivity contribution is 4.80. The van der Waals surface area contributed by atoms with Crippen LogP contribution in [0.4, 0.5) is 0 Å². The first-order chi connectivity index (χ1) is 5.86. The molecule has 0 aliphatic heterocycles. The highest BCUT2D eigenvalue weighted by Gasteiger charge is 1.97. The lowest BCUT2D eigenvalue weighted by Gasteiger charge is -1.95. The molecule has 4 nitrogen and oxygen atoms in total. The monoisotopic (exact) mass is 168 g/mol. The van der Waals surface area contributed by atoms with Gasteiger partial charge in [-0.1, -0.05) is 13.8 Å². The van der Waals surface area contributed by atoms with Crippen LogP contribution in [-0.4, -0.2) is 21.3 Å². The standard InChI is InChI=1S/C8H16N4/c1-3-5-12-7-10-8(11-12)6-9-4-2/h7,9H,3-6H2,1-2H3. The molecule has 1 N–H and O–H groups in total. The first-order valence-corrected chi connectivity index (χ1v) is 4.45. The van der Waals surface area contributed by atoms with Gasteiger partial charge < -0.3 is 5.32 Å². The number of nitrogens with one attached hydrogen (secondary N) is 1. The highest BCUT2D eigenvalue weighted by Crippen LogP contribution is 1.90. The van der Waals surface area contributed by atoms with Crippen LogP contribution >= 0.6 is 0 Å². The van der Waals surface area contributed by atoms with E-state index < -0.39 is 0 Å². The molecule has 0 spiro atoms. The molecule has 0 bridgehead atoms. The molecular weight excluding hydrogens is 152 g/mol. The van der Waals surface area contributed by atoms with Crippen molar-refractivity contribution in [3.8, 4) is 0 Å². The molecule has 0 aliphatic carbocycles. The molecule has 0 unspecified atom stereocenters. The highest BCUT2D eigenvalue weighted by atomic mass is 15.3. The molecule has 0 amide bonds. The molecule has 1 heterocycles. The van der Waals surface area contributed by atoms with Crippen LogP contribution in [0.2, 0.25) is 0 Å². The summed E-state index contributed by atoms with van der Waals surface area (Å²) in [6, 6.07) is 0. The van der Waals surface area contributed by atoms with Gasteiger partial charge in [0, 0.05) is 6.54 Å². The molecule has 0 radical (unpaired) electrons. The van der Waals surface area contributed by atoms with Crippen LogP contribution in [0, 0.1) is 0 Å². The predicted molar refractivity (Wildman–Crippen MR) is 47.7 cm³/mol. The first kappa shape index (κ1) is 9.19. The molecule has 0 saturated heterocycles. The molecule has 4 heteroatoms. The molecule has 0 fully saturated rings. The molecule has 1 rings (SSSR count). The Labute approximate surface area is 73.0 Å². The molecule has 0 aliphatic rings. The van der Waals surface area contributed by atoms with Crippen LogP contribution in [0.1, 0.15) is 26.1 Å². The number of aromatic nitrogens is 3. The summed E-state index contributed by atoms with van der Waals surface area (Å²) in [4.78, 5) is 4.16. The average Bonchev–Trinajstić information content (AvgIpc) is 2.50. The van der Waals surface area contributed by atoms with E-state index in [2.05, 4.69) is 29.2 Å². The van der Waals surface area contributed by atoms with Gasteiger partial charge in [0.05, 0.1) is 6.54 Å². The number of hydrogen-bond acceptors (Lipinski definition) is 3. The first-order valence-electron chi connectivity index (χ1n) is 4.45. The maximum Gasteiger partial charge on any atom is 0.164 e. The molecule has 1 aromatic rings. The van der Waals surface area contributed by atoms with E-state index in [9.17, 15) is 0 Å². The largest absolute Gasteiger partial charge is 0.310 e. The Kier molecular flexibility index (Phi) is 3.73. The Morgan fingerprint density at radius 3 is 3.00 bits per heavy atom. The van der Waals surface area contributed by atoms with Gasteiger partial charge in [0.15, 0.2) is 5.82 Å². The van der Waals surface area contributed by atoms with E-state index in [1.807, 2.05) is 4.68 Å². The van der Waals surface area contributed by atoms with Crippen molar-refractivity contribution in [3.63, 3.8) is 0 Å². The summed E-state index contributed by atoms with van der Waals surface area (Å²) in [5, 5.41) is 7.46. The van der Waals surface area contributed by atoms with Gasteiger partial charge in [-0.3, -0.25) is 4.68 Å². The Morgan fingerprint density at radius 2 is 2.33 bits per heavy atom. The van der Waals surface area contributed by atoms with Crippen molar-refractivity contribution in [1.82, 2.24) is 20.1 Å². The number of rotatable bonds is 5. The number of nitrogens with zero attached hydrogens (tertiary/aromatic N) is 3. The van der Waals surface area contributed by atoms with Gasteiger partial charge in [0.2, 0.25) is 0 Å². The van der Waals surface area contributed by atoms with Crippen LogP contribution in [0.15, 0.2) is 6.33 Å². The van der Waals surface area contributed by atoms with E-state index in [4.69, 9.17) is 0 Å². The third-order valence-electron chi connectivity index (χ3n) is 1.57. The molecule has 0 atom stereocenters. The van der Waals surface area contributed by atoms with Crippen molar-refractivity contribution in [2.45, 2.75) is 33.4 Å². The zero-order valence-corrected chi connectivity index (χ0v) is 7.75. The van der Waals surface area contributed by atoms with Gasteiger partial charge in [-0.25, -0.2) is 4.98 Å². The predicted octanol–water partition coefficient (Wildman–Crippen LogP) is 0.798. The second kappa shape index (κ2) is 4.87. The van der Waals surface area contributed by atoms with Crippen LogP contribution in [-0.2, 0) is 13.1 Å². The van der Waals surface area contributed by atoms with Gasteiger partial charge >= 0.3 is 0 Å². The molecular formula is C8H16N4. The SMILES string of the molecule is CCCn1cnc(CNCC)n1.